The number of nitrogens with zero attached hydrogens (tertiary/aromatic N) is 2. The van der Waals surface area contributed by atoms with Gasteiger partial charge in [0.05, 0.1) is 12.1 Å². The standard InChI is InChI=1S/C49H31N3O2S/c50-48(46-34(25-26-41-45(46)36-14-4-7-20-40(36)53-41)33-16-10-22-43-44(33)37-15-5-8-21-42(37)55-43)52-49(51-28-29-23-24-30-11-1-2-12-31(30)27-29)38-18-9-17-35-32-13-3-6-19-39(32)54-47(35)38/h1-27H,28H2,(H2,50,51,52). The van der Waals surface area contributed by atoms with Crippen molar-refractivity contribution in [3.8, 4) is 11.1 Å². The maximum atomic E-state index is 7.38. The van der Waals surface area contributed by atoms with E-state index in [0.29, 0.717) is 18.2 Å². The SMILES string of the molecule is N/C(=N\C(=N/Cc1ccc2ccccc2c1)c1cccc2c1oc1ccccc12)c1c(-c2cccc3sc4ccccc4c23)ccc2oc3ccccc3c12. The lowest BCUT2D eigenvalue weighted by Crippen LogP contribution is -2.18. The number of benzene rings is 8. The van der Waals surface area contributed by atoms with E-state index in [4.69, 9.17) is 24.6 Å². The molecule has 0 bridgehead atoms. The molecule has 0 fully saturated rings. The molecule has 0 aliphatic carbocycles. The molecule has 260 valence electrons. The summed E-state index contributed by atoms with van der Waals surface area (Å²) < 4.78 is 15.4. The third-order valence-corrected chi connectivity index (χ3v) is 11.7. The Morgan fingerprint density at radius 3 is 2.13 bits per heavy atom. The van der Waals surface area contributed by atoms with E-state index >= 15 is 0 Å². The monoisotopic (exact) mass is 725 g/mol. The molecule has 55 heavy (non-hydrogen) atoms. The van der Waals surface area contributed by atoms with Gasteiger partial charge < -0.3 is 14.6 Å². The van der Waals surface area contributed by atoms with Crippen LogP contribution in [-0.4, -0.2) is 11.7 Å². The van der Waals surface area contributed by atoms with Crippen molar-refractivity contribution in [2.45, 2.75) is 6.54 Å². The van der Waals surface area contributed by atoms with Gasteiger partial charge >= 0.3 is 0 Å². The summed E-state index contributed by atoms with van der Waals surface area (Å²) >= 11 is 1.80. The number of fused-ring (bicyclic) bond motifs is 10. The lowest BCUT2D eigenvalue weighted by Gasteiger charge is -2.14. The molecule has 0 saturated carbocycles. The van der Waals surface area contributed by atoms with Crippen molar-refractivity contribution >= 4 is 97.8 Å². The summed E-state index contributed by atoms with van der Waals surface area (Å²) in [6.07, 6.45) is 0. The molecule has 2 N–H and O–H groups in total. The summed E-state index contributed by atoms with van der Waals surface area (Å²) in [5.41, 5.74) is 15.2. The van der Waals surface area contributed by atoms with Crippen molar-refractivity contribution in [2.75, 3.05) is 0 Å². The maximum absolute atomic E-state index is 7.38. The summed E-state index contributed by atoms with van der Waals surface area (Å²) in [4.78, 5) is 10.6. The van der Waals surface area contributed by atoms with Crippen LogP contribution in [0.3, 0.4) is 0 Å². The van der Waals surface area contributed by atoms with E-state index in [1.165, 1.54) is 25.6 Å². The number of nitrogens with two attached hydrogens (primary N) is 1. The van der Waals surface area contributed by atoms with Crippen molar-refractivity contribution < 1.29 is 8.83 Å². The lowest BCUT2D eigenvalue weighted by atomic mass is 9.92. The highest BCUT2D eigenvalue weighted by Crippen LogP contribution is 2.43. The second-order valence-electron chi connectivity index (χ2n) is 13.8. The van der Waals surface area contributed by atoms with Crippen molar-refractivity contribution in [3.63, 3.8) is 0 Å². The summed E-state index contributed by atoms with van der Waals surface area (Å²) in [6.45, 7) is 0.402. The number of rotatable bonds is 5. The van der Waals surface area contributed by atoms with Gasteiger partial charge in [-0.3, -0.25) is 4.99 Å². The molecule has 0 unspecified atom stereocenters. The van der Waals surface area contributed by atoms with Gasteiger partial charge in [-0.15, -0.1) is 11.3 Å². The second kappa shape index (κ2) is 12.5. The molecule has 11 aromatic rings. The first-order chi connectivity index (χ1) is 27.2. The van der Waals surface area contributed by atoms with Crippen molar-refractivity contribution in [3.05, 3.63) is 180 Å². The van der Waals surface area contributed by atoms with E-state index in [1.807, 2.05) is 48.5 Å². The highest BCUT2D eigenvalue weighted by atomic mass is 32.1. The molecular weight excluding hydrogens is 695 g/mol. The quantitative estimate of drug-likeness (QED) is 0.142. The summed E-state index contributed by atoms with van der Waals surface area (Å²) in [5.74, 6) is 0.833. The Morgan fingerprint density at radius 2 is 1.24 bits per heavy atom. The smallest absolute Gasteiger partial charge is 0.161 e. The number of hydrogen-bond donors (Lipinski definition) is 1. The molecule has 0 saturated heterocycles. The molecular formula is C49H31N3O2S. The molecule has 8 aromatic carbocycles. The summed E-state index contributed by atoms with van der Waals surface area (Å²) in [6, 6.07) is 56.4. The normalized spacial score (nSPS) is 12.7. The number of para-hydroxylation sites is 3. The molecule has 0 radical (unpaired) electrons. The van der Waals surface area contributed by atoms with Crippen molar-refractivity contribution in [1.29, 1.82) is 0 Å². The maximum Gasteiger partial charge on any atom is 0.161 e. The summed E-state index contributed by atoms with van der Waals surface area (Å²) in [5, 5.41) is 8.69. The number of hydrogen-bond acceptors (Lipinski definition) is 4. The van der Waals surface area contributed by atoms with Gasteiger partial charge in [-0.2, -0.15) is 0 Å². The lowest BCUT2D eigenvalue weighted by molar-refractivity contribution is 0.668. The van der Waals surface area contributed by atoms with Gasteiger partial charge in [0, 0.05) is 47.3 Å². The number of furan rings is 2. The topological polar surface area (TPSA) is 77.0 Å². The summed E-state index contributed by atoms with van der Waals surface area (Å²) in [7, 11) is 0. The third kappa shape index (κ3) is 5.14. The minimum Gasteiger partial charge on any atom is -0.456 e. The fourth-order valence-corrected chi connectivity index (χ4v) is 9.22. The van der Waals surface area contributed by atoms with E-state index < -0.39 is 0 Å². The number of amidine groups is 2. The minimum absolute atomic E-state index is 0.342. The first-order valence-corrected chi connectivity index (χ1v) is 19.1. The van der Waals surface area contributed by atoms with Crippen LogP contribution in [0.15, 0.2) is 183 Å². The van der Waals surface area contributed by atoms with Crippen LogP contribution < -0.4 is 5.73 Å². The zero-order chi connectivity index (χ0) is 36.5. The molecule has 3 heterocycles. The van der Waals surface area contributed by atoms with Gasteiger partial charge in [-0.1, -0.05) is 115 Å². The zero-order valence-corrected chi connectivity index (χ0v) is 30.3. The van der Waals surface area contributed by atoms with E-state index in [1.54, 1.807) is 11.3 Å². The molecule has 0 atom stereocenters. The van der Waals surface area contributed by atoms with Gasteiger partial charge in [-0.05, 0) is 76.0 Å². The Bertz CT molecular complexity index is 3380. The van der Waals surface area contributed by atoms with E-state index in [9.17, 15) is 0 Å². The van der Waals surface area contributed by atoms with Crippen LogP contribution in [0.4, 0.5) is 0 Å². The fourth-order valence-electron chi connectivity index (χ4n) is 8.08. The van der Waals surface area contributed by atoms with E-state index in [2.05, 4.69) is 115 Å². The van der Waals surface area contributed by atoms with Gasteiger partial charge in [0.25, 0.3) is 0 Å². The average molecular weight is 726 g/mol. The number of thiophene rings is 1. The second-order valence-corrected chi connectivity index (χ2v) is 14.9. The Hall–Kier alpha value is -7.02. The Kier molecular flexibility index (Phi) is 7.19. The van der Waals surface area contributed by atoms with Crippen LogP contribution in [0.2, 0.25) is 0 Å². The predicted octanol–water partition coefficient (Wildman–Crippen LogP) is 13.0. The largest absolute Gasteiger partial charge is 0.456 e. The van der Waals surface area contributed by atoms with E-state index in [-0.39, 0.29) is 0 Å². The molecule has 6 heteroatoms. The molecule has 0 aliphatic heterocycles. The Balaban J connectivity index is 1.18. The van der Waals surface area contributed by atoms with E-state index in [0.717, 1.165) is 77.1 Å². The van der Waals surface area contributed by atoms with Gasteiger partial charge in [0.15, 0.2) is 5.84 Å². The highest BCUT2D eigenvalue weighted by Gasteiger charge is 2.23. The molecule has 0 aliphatic rings. The van der Waals surface area contributed by atoms with Gasteiger partial charge in [0.2, 0.25) is 0 Å². The molecule has 0 amide bonds. The minimum atomic E-state index is 0.342. The van der Waals surface area contributed by atoms with Gasteiger partial charge in [-0.25, -0.2) is 4.99 Å². The van der Waals surface area contributed by atoms with Crippen LogP contribution in [0.5, 0.6) is 0 Å². The fraction of sp³-hybridized carbons (Fsp3) is 0.0204. The molecule has 3 aromatic heterocycles. The highest BCUT2D eigenvalue weighted by molar-refractivity contribution is 7.25. The van der Waals surface area contributed by atoms with Crippen LogP contribution in [0, 0.1) is 0 Å². The molecule has 5 nitrogen and oxygen atoms in total. The Morgan fingerprint density at radius 1 is 0.527 bits per heavy atom. The van der Waals surface area contributed by atoms with Crippen molar-refractivity contribution in [1.82, 2.24) is 0 Å². The molecule has 0 spiro atoms. The zero-order valence-electron chi connectivity index (χ0n) is 29.5. The van der Waals surface area contributed by atoms with Crippen LogP contribution >= 0.6 is 11.3 Å². The predicted molar refractivity (Wildman–Crippen MR) is 231 cm³/mol. The van der Waals surface area contributed by atoms with Crippen LogP contribution in [0.1, 0.15) is 16.7 Å². The van der Waals surface area contributed by atoms with Gasteiger partial charge in [0.1, 0.15) is 28.2 Å². The average Bonchev–Trinajstić information content (AvgIpc) is 3.93. The first kappa shape index (κ1) is 31.5. The number of aliphatic imine (C=N–C) groups is 2. The third-order valence-electron chi connectivity index (χ3n) is 10.6. The molecule has 11 rings (SSSR count). The Labute approximate surface area is 319 Å². The van der Waals surface area contributed by atoms with Crippen LogP contribution in [-0.2, 0) is 6.54 Å². The first-order valence-electron chi connectivity index (χ1n) is 18.3. The van der Waals surface area contributed by atoms with Crippen molar-refractivity contribution in [2.24, 2.45) is 15.7 Å². The van der Waals surface area contributed by atoms with Crippen LogP contribution in [0.25, 0.3) is 85.9 Å².